The van der Waals surface area contributed by atoms with Crippen LogP contribution >= 0.6 is 22.9 Å². The molecule has 0 saturated carbocycles. The normalized spacial score (nSPS) is 11.0. The molecule has 110 valence electrons. The van der Waals surface area contributed by atoms with Gasteiger partial charge in [-0.15, -0.1) is 11.3 Å². The van der Waals surface area contributed by atoms with E-state index in [1.54, 1.807) is 6.20 Å². The van der Waals surface area contributed by atoms with Crippen molar-refractivity contribution in [3.8, 4) is 0 Å². The zero-order valence-electron chi connectivity index (χ0n) is 11.5. The van der Waals surface area contributed by atoms with Crippen molar-refractivity contribution in [3.63, 3.8) is 0 Å². The third-order valence-electron chi connectivity index (χ3n) is 3.09. The number of rotatable bonds is 4. The molecule has 2 heterocycles. The number of H-pyrrole nitrogens is 2. The molecule has 0 spiro atoms. The smallest absolute Gasteiger partial charge is 0.323 e. The van der Waals surface area contributed by atoms with Crippen LogP contribution in [0.2, 0.25) is 4.47 Å². The van der Waals surface area contributed by atoms with Crippen LogP contribution in [-0.2, 0) is 6.54 Å². The van der Waals surface area contributed by atoms with Crippen molar-refractivity contribution in [1.82, 2.24) is 15.0 Å². The van der Waals surface area contributed by atoms with Gasteiger partial charge in [0.2, 0.25) is 0 Å². The minimum absolute atomic E-state index is 0.207. The third kappa shape index (κ3) is 2.88. The molecule has 3 aromatic rings. The topological polar surface area (TPSA) is 76.8 Å². The Balaban J connectivity index is 1.95. The number of halogens is 1. The summed E-state index contributed by atoms with van der Waals surface area (Å²) in [5.41, 5.74) is 3.28. The number of nitrogens with one attached hydrogen (secondary N) is 3. The van der Waals surface area contributed by atoms with E-state index in [0.29, 0.717) is 11.0 Å². The quantitative estimate of drug-likeness (QED) is 0.690. The Labute approximate surface area is 129 Å². The van der Waals surface area contributed by atoms with Gasteiger partial charge in [-0.1, -0.05) is 11.6 Å². The third-order valence-corrected chi connectivity index (χ3v) is 4.21. The molecular formula is C13H14ClN5OS. The van der Waals surface area contributed by atoms with Crippen LogP contribution in [0.4, 0.5) is 11.4 Å². The predicted octanol–water partition coefficient (Wildman–Crippen LogP) is 2.64. The van der Waals surface area contributed by atoms with E-state index in [9.17, 15) is 4.79 Å². The molecule has 0 bridgehead atoms. The minimum Gasteiger partial charge on any atom is -0.378 e. The van der Waals surface area contributed by atoms with Crippen LogP contribution < -0.4 is 15.9 Å². The molecule has 0 fully saturated rings. The number of hydrogen-bond acceptors (Lipinski definition) is 5. The maximum absolute atomic E-state index is 11.4. The standard InChI is InChI=1S/C13H14ClN5OS/c1-19(2)11-4-9-8(17-13(20)18-9)3-10(11)15-5-7-6-16-12(14)21-7/h3-4,6,15H,5H2,1-2H3,(H2,17,18,20). The number of fused-ring (bicyclic) bond motifs is 1. The summed E-state index contributed by atoms with van der Waals surface area (Å²) in [7, 11) is 3.92. The van der Waals surface area contributed by atoms with Crippen molar-refractivity contribution in [3.05, 3.63) is 38.2 Å². The monoisotopic (exact) mass is 323 g/mol. The maximum atomic E-state index is 11.4. The Hall–Kier alpha value is -1.99. The van der Waals surface area contributed by atoms with Crippen LogP contribution in [0.3, 0.4) is 0 Å². The summed E-state index contributed by atoms with van der Waals surface area (Å²) in [4.78, 5) is 24.0. The zero-order chi connectivity index (χ0) is 15.0. The van der Waals surface area contributed by atoms with Crippen molar-refractivity contribution in [2.75, 3.05) is 24.3 Å². The molecule has 0 amide bonds. The van der Waals surface area contributed by atoms with Crippen molar-refractivity contribution >= 4 is 45.3 Å². The van der Waals surface area contributed by atoms with Crippen LogP contribution in [-0.4, -0.2) is 29.0 Å². The van der Waals surface area contributed by atoms with Crippen molar-refractivity contribution in [2.24, 2.45) is 0 Å². The Morgan fingerprint density at radius 2 is 2.05 bits per heavy atom. The van der Waals surface area contributed by atoms with E-state index in [2.05, 4.69) is 20.3 Å². The Morgan fingerprint density at radius 1 is 1.33 bits per heavy atom. The van der Waals surface area contributed by atoms with Gasteiger partial charge in [0.15, 0.2) is 4.47 Å². The zero-order valence-corrected chi connectivity index (χ0v) is 13.1. The summed E-state index contributed by atoms with van der Waals surface area (Å²) < 4.78 is 0.532. The highest BCUT2D eigenvalue weighted by Gasteiger charge is 2.09. The van der Waals surface area contributed by atoms with Gasteiger partial charge in [0.25, 0.3) is 0 Å². The molecule has 0 saturated heterocycles. The van der Waals surface area contributed by atoms with Gasteiger partial charge in [0.1, 0.15) is 0 Å². The Bertz CT molecular complexity index is 835. The first-order valence-electron chi connectivity index (χ1n) is 6.30. The van der Waals surface area contributed by atoms with Crippen molar-refractivity contribution in [2.45, 2.75) is 6.54 Å². The first kappa shape index (κ1) is 14.0. The first-order chi connectivity index (χ1) is 10.0. The van der Waals surface area contributed by atoms with Crippen molar-refractivity contribution < 1.29 is 0 Å². The van der Waals surface area contributed by atoms with Gasteiger partial charge in [-0.2, -0.15) is 0 Å². The molecule has 0 unspecified atom stereocenters. The molecule has 0 aliphatic rings. The summed E-state index contributed by atoms with van der Waals surface area (Å²) in [5.74, 6) is 0. The van der Waals surface area contributed by atoms with Gasteiger partial charge < -0.3 is 20.2 Å². The molecule has 0 atom stereocenters. The highest BCUT2D eigenvalue weighted by Crippen LogP contribution is 2.29. The Morgan fingerprint density at radius 3 is 2.67 bits per heavy atom. The highest BCUT2D eigenvalue weighted by atomic mass is 35.5. The summed E-state index contributed by atoms with van der Waals surface area (Å²) in [6.45, 7) is 0.630. The molecule has 2 aromatic heterocycles. The number of aromatic nitrogens is 3. The fraction of sp³-hybridized carbons (Fsp3) is 0.231. The lowest BCUT2D eigenvalue weighted by Gasteiger charge is -2.18. The van der Waals surface area contributed by atoms with Gasteiger partial charge in [-0.25, -0.2) is 9.78 Å². The van der Waals surface area contributed by atoms with Crippen LogP contribution in [0.5, 0.6) is 0 Å². The Kier molecular flexibility index (Phi) is 3.60. The SMILES string of the molecule is CN(C)c1cc2[nH]c(=O)[nH]c2cc1NCc1cnc(Cl)s1. The van der Waals surface area contributed by atoms with Crippen LogP contribution in [0.1, 0.15) is 4.88 Å². The fourth-order valence-corrected chi connectivity index (χ4v) is 3.05. The molecule has 6 nitrogen and oxygen atoms in total. The number of thiazole rings is 1. The molecule has 1 aromatic carbocycles. The van der Waals surface area contributed by atoms with Gasteiger partial charge in [-0.3, -0.25) is 0 Å². The minimum atomic E-state index is -0.207. The van der Waals surface area contributed by atoms with Crippen LogP contribution in [0, 0.1) is 0 Å². The second kappa shape index (κ2) is 5.42. The second-order valence-electron chi connectivity index (χ2n) is 4.82. The summed E-state index contributed by atoms with van der Waals surface area (Å²) in [5, 5.41) is 3.36. The lowest BCUT2D eigenvalue weighted by molar-refractivity contribution is 1.11. The average molecular weight is 324 g/mol. The molecule has 8 heteroatoms. The van der Waals surface area contributed by atoms with Crippen molar-refractivity contribution in [1.29, 1.82) is 0 Å². The maximum Gasteiger partial charge on any atom is 0.323 e. The molecule has 0 aliphatic carbocycles. The van der Waals surface area contributed by atoms with Gasteiger partial charge in [0.05, 0.1) is 29.0 Å². The van der Waals surface area contributed by atoms with E-state index in [4.69, 9.17) is 11.6 Å². The number of aromatic amines is 2. The van der Waals surface area contributed by atoms with Gasteiger partial charge in [0, 0.05) is 25.2 Å². The number of hydrogen-bond donors (Lipinski definition) is 3. The number of nitrogens with zero attached hydrogens (tertiary/aromatic N) is 2. The molecule has 0 radical (unpaired) electrons. The van der Waals surface area contributed by atoms with E-state index in [-0.39, 0.29) is 5.69 Å². The lowest BCUT2D eigenvalue weighted by atomic mass is 10.2. The van der Waals surface area contributed by atoms with E-state index in [0.717, 1.165) is 27.3 Å². The molecule has 21 heavy (non-hydrogen) atoms. The number of imidazole rings is 1. The molecule has 3 N–H and O–H groups in total. The lowest BCUT2D eigenvalue weighted by Crippen LogP contribution is -2.12. The number of anilines is 2. The largest absolute Gasteiger partial charge is 0.378 e. The number of benzene rings is 1. The van der Waals surface area contributed by atoms with E-state index in [1.807, 2.05) is 31.1 Å². The van der Waals surface area contributed by atoms with Gasteiger partial charge in [-0.05, 0) is 12.1 Å². The van der Waals surface area contributed by atoms with E-state index in [1.165, 1.54) is 11.3 Å². The molecular weight excluding hydrogens is 310 g/mol. The second-order valence-corrected chi connectivity index (χ2v) is 6.52. The highest BCUT2D eigenvalue weighted by molar-refractivity contribution is 7.15. The van der Waals surface area contributed by atoms with Crippen LogP contribution in [0.15, 0.2) is 23.1 Å². The predicted molar refractivity (Wildman–Crippen MR) is 87.7 cm³/mol. The van der Waals surface area contributed by atoms with E-state index < -0.39 is 0 Å². The molecule has 0 aliphatic heterocycles. The van der Waals surface area contributed by atoms with Gasteiger partial charge >= 0.3 is 5.69 Å². The average Bonchev–Trinajstić information content (AvgIpc) is 2.99. The molecule has 3 rings (SSSR count). The van der Waals surface area contributed by atoms with E-state index >= 15 is 0 Å². The fourth-order valence-electron chi connectivity index (χ4n) is 2.13. The van der Waals surface area contributed by atoms with Crippen LogP contribution in [0.25, 0.3) is 11.0 Å². The first-order valence-corrected chi connectivity index (χ1v) is 7.50. The summed E-state index contributed by atoms with van der Waals surface area (Å²) >= 11 is 7.28. The summed E-state index contributed by atoms with van der Waals surface area (Å²) in [6, 6.07) is 3.86. The summed E-state index contributed by atoms with van der Waals surface area (Å²) in [6.07, 6.45) is 1.76.